The van der Waals surface area contributed by atoms with Crippen LogP contribution in [0.4, 0.5) is 4.39 Å². The van der Waals surface area contributed by atoms with Crippen LogP contribution in [0.5, 0.6) is 0 Å². The van der Waals surface area contributed by atoms with Crippen LogP contribution in [0.25, 0.3) is 6.08 Å². The zero-order valence-electron chi connectivity index (χ0n) is 12.9. The highest BCUT2D eigenvalue weighted by atomic mass is 19.1. The summed E-state index contributed by atoms with van der Waals surface area (Å²) >= 11 is 0. The maximum absolute atomic E-state index is 14.0. The lowest BCUT2D eigenvalue weighted by atomic mass is 9.89. The summed E-state index contributed by atoms with van der Waals surface area (Å²) in [5.74, 6) is 0.0666. The number of benzene rings is 1. The molecule has 1 saturated carbocycles. The van der Waals surface area contributed by atoms with Crippen LogP contribution in [0.2, 0.25) is 0 Å². The Morgan fingerprint density at radius 3 is 2.77 bits per heavy atom. The van der Waals surface area contributed by atoms with Gasteiger partial charge < -0.3 is 10.4 Å². The van der Waals surface area contributed by atoms with Crippen LogP contribution < -0.4 is 5.32 Å². The first-order chi connectivity index (χ1) is 10.7. The minimum atomic E-state index is -0.526. The third-order valence-electron chi connectivity index (χ3n) is 4.17. The highest BCUT2D eigenvalue weighted by molar-refractivity contribution is 5.94. The second-order valence-electron chi connectivity index (χ2n) is 5.94. The van der Waals surface area contributed by atoms with Gasteiger partial charge in [-0.1, -0.05) is 37.5 Å². The Kier molecular flexibility index (Phi) is 6.74. The summed E-state index contributed by atoms with van der Waals surface area (Å²) in [4.78, 5) is 11.0. The Morgan fingerprint density at radius 1 is 1.32 bits per heavy atom. The predicted octanol–water partition coefficient (Wildman–Crippen LogP) is 3.07. The van der Waals surface area contributed by atoms with E-state index >= 15 is 0 Å². The van der Waals surface area contributed by atoms with Crippen LogP contribution >= 0.6 is 0 Å². The number of hydrogen-bond donors (Lipinski definition) is 2. The van der Waals surface area contributed by atoms with Crippen LogP contribution in [-0.4, -0.2) is 24.0 Å². The van der Waals surface area contributed by atoms with Gasteiger partial charge in [0.2, 0.25) is 0 Å². The van der Waals surface area contributed by atoms with E-state index in [4.69, 9.17) is 5.11 Å². The van der Waals surface area contributed by atoms with E-state index in [9.17, 15) is 9.18 Å². The topological polar surface area (TPSA) is 49.3 Å². The van der Waals surface area contributed by atoms with E-state index in [1.807, 2.05) is 0 Å². The molecule has 1 fully saturated rings. The second kappa shape index (κ2) is 8.81. The van der Waals surface area contributed by atoms with Crippen LogP contribution in [-0.2, 0) is 11.3 Å². The smallest absolute Gasteiger partial charge is 0.181 e. The zero-order chi connectivity index (χ0) is 15.8. The lowest BCUT2D eigenvalue weighted by Gasteiger charge is -2.21. The van der Waals surface area contributed by atoms with E-state index in [0.717, 1.165) is 12.5 Å². The van der Waals surface area contributed by atoms with Crippen molar-refractivity contribution >= 4 is 11.9 Å². The standard InChI is InChI=1S/C18H24FNO2/c19-18-10-14(7-9-17(22)13-21)6-8-16(18)12-20-11-15-4-2-1-3-5-15/h6-10,15,20-21H,1-5,11-13H2/b9-7+. The molecule has 3 nitrogen and oxygen atoms in total. The Hall–Kier alpha value is -1.52. The van der Waals surface area contributed by atoms with Gasteiger partial charge in [-0.05, 0) is 43.0 Å². The quantitative estimate of drug-likeness (QED) is 0.761. The zero-order valence-corrected chi connectivity index (χ0v) is 12.9. The van der Waals surface area contributed by atoms with Gasteiger partial charge in [0.25, 0.3) is 0 Å². The Labute approximate surface area is 131 Å². The summed E-state index contributed by atoms with van der Waals surface area (Å²) in [5, 5.41) is 12.0. The Balaban J connectivity index is 1.84. The Bertz CT molecular complexity index is 522. The molecule has 0 radical (unpaired) electrons. The molecule has 0 aliphatic heterocycles. The molecule has 0 heterocycles. The van der Waals surface area contributed by atoms with Gasteiger partial charge in [0.15, 0.2) is 5.78 Å². The predicted molar refractivity (Wildman–Crippen MR) is 85.8 cm³/mol. The largest absolute Gasteiger partial charge is 0.388 e. The molecule has 0 unspecified atom stereocenters. The van der Waals surface area contributed by atoms with Crippen molar-refractivity contribution in [3.63, 3.8) is 0 Å². The number of hydrogen-bond acceptors (Lipinski definition) is 3. The molecule has 2 rings (SSSR count). The fourth-order valence-electron chi connectivity index (χ4n) is 2.85. The lowest BCUT2D eigenvalue weighted by Crippen LogP contribution is -2.24. The first kappa shape index (κ1) is 16.8. The summed E-state index contributed by atoms with van der Waals surface area (Å²) in [6.45, 7) is 0.955. The van der Waals surface area contributed by atoms with Crippen molar-refractivity contribution < 1.29 is 14.3 Å². The lowest BCUT2D eigenvalue weighted by molar-refractivity contribution is -0.117. The molecule has 120 valence electrons. The number of rotatable bonds is 7. The molecule has 0 saturated heterocycles. The molecular weight excluding hydrogens is 281 g/mol. The number of halogens is 1. The molecule has 22 heavy (non-hydrogen) atoms. The highest BCUT2D eigenvalue weighted by Gasteiger charge is 2.13. The molecular formula is C18H24FNO2. The molecule has 1 aliphatic rings. The summed E-state index contributed by atoms with van der Waals surface area (Å²) in [6, 6.07) is 4.94. The van der Waals surface area contributed by atoms with Crippen molar-refractivity contribution in [2.24, 2.45) is 5.92 Å². The average molecular weight is 305 g/mol. The van der Waals surface area contributed by atoms with Crippen LogP contribution in [0, 0.1) is 11.7 Å². The minimum absolute atomic E-state index is 0.269. The van der Waals surface area contributed by atoms with E-state index in [1.54, 1.807) is 12.1 Å². The molecule has 0 amide bonds. The normalized spacial score (nSPS) is 16.3. The fourth-order valence-corrected chi connectivity index (χ4v) is 2.85. The van der Waals surface area contributed by atoms with Gasteiger partial charge in [-0.25, -0.2) is 4.39 Å². The summed E-state index contributed by atoms with van der Waals surface area (Å²) in [5.41, 5.74) is 1.26. The third kappa shape index (κ3) is 5.35. The van der Waals surface area contributed by atoms with E-state index in [0.29, 0.717) is 17.7 Å². The number of carbonyl (C=O) groups excluding carboxylic acids is 1. The molecule has 0 aromatic heterocycles. The van der Waals surface area contributed by atoms with Crippen molar-refractivity contribution in [2.75, 3.05) is 13.2 Å². The molecule has 2 N–H and O–H groups in total. The molecule has 0 atom stereocenters. The van der Waals surface area contributed by atoms with Gasteiger partial charge in [-0.3, -0.25) is 4.79 Å². The average Bonchev–Trinajstić information content (AvgIpc) is 2.55. The first-order valence-corrected chi connectivity index (χ1v) is 8.00. The van der Waals surface area contributed by atoms with Crippen molar-refractivity contribution in [3.05, 3.63) is 41.2 Å². The van der Waals surface area contributed by atoms with Crippen LogP contribution in [0.15, 0.2) is 24.3 Å². The van der Waals surface area contributed by atoms with Crippen molar-refractivity contribution in [1.82, 2.24) is 5.32 Å². The summed E-state index contributed by atoms with van der Waals surface area (Å²) < 4.78 is 14.0. The maximum atomic E-state index is 14.0. The van der Waals surface area contributed by atoms with E-state index in [2.05, 4.69) is 5.32 Å². The molecule has 1 aliphatic carbocycles. The van der Waals surface area contributed by atoms with Crippen LogP contribution in [0.1, 0.15) is 43.2 Å². The fraction of sp³-hybridized carbons (Fsp3) is 0.500. The van der Waals surface area contributed by atoms with E-state index < -0.39 is 12.4 Å². The first-order valence-electron chi connectivity index (χ1n) is 8.00. The van der Waals surface area contributed by atoms with Crippen molar-refractivity contribution in [3.8, 4) is 0 Å². The number of nitrogens with one attached hydrogen (secondary N) is 1. The summed E-state index contributed by atoms with van der Waals surface area (Å²) in [6.07, 6.45) is 9.30. The van der Waals surface area contributed by atoms with Gasteiger partial charge in [-0.15, -0.1) is 0 Å². The van der Waals surface area contributed by atoms with Gasteiger partial charge in [0.05, 0.1) is 0 Å². The highest BCUT2D eigenvalue weighted by Crippen LogP contribution is 2.23. The maximum Gasteiger partial charge on any atom is 0.181 e. The minimum Gasteiger partial charge on any atom is -0.388 e. The van der Waals surface area contributed by atoms with Gasteiger partial charge in [-0.2, -0.15) is 0 Å². The molecule has 1 aromatic carbocycles. The van der Waals surface area contributed by atoms with Gasteiger partial charge in [0.1, 0.15) is 12.4 Å². The number of ketones is 1. The number of aliphatic hydroxyl groups is 1. The van der Waals surface area contributed by atoms with Crippen LogP contribution in [0.3, 0.4) is 0 Å². The third-order valence-corrected chi connectivity index (χ3v) is 4.17. The van der Waals surface area contributed by atoms with Crippen molar-refractivity contribution in [1.29, 1.82) is 0 Å². The van der Waals surface area contributed by atoms with E-state index in [1.165, 1.54) is 50.3 Å². The molecule has 0 spiro atoms. The van der Waals surface area contributed by atoms with Crippen molar-refractivity contribution in [2.45, 2.75) is 38.6 Å². The number of carbonyl (C=O) groups is 1. The monoisotopic (exact) mass is 305 g/mol. The second-order valence-corrected chi connectivity index (χ2v) is 5.94. The Morgan fingerprint density at radius 2 is 2.09 bits per heavy atom. The van der Waals surface area contributed by atoms with E-state index in [-0.39, 0.29) is 5.82 Å². The van der Waals surface area contributed by atoms with Gasteiger partial charge in [0, 0.05) is 12.1 Å². The molecule has 1 aromatic rings. The van der Waals surface area contributed by atoms with Gasteiger partial charge >= 0.3 is 0 Å². The molecule has 0 bridgehead atoms. The molecule has 4 heteroatoms. The summed E-state index contributed by atoms with van der Waals surface area (Å²) in [7, 11) is 0. The SMILES string of the molecule is O=C(/C=C/c1ccc(CNCC2CCCCC2)c(F)c1)CO. The number of aliphatic hydroxyl groups excluding tert-OH is 1.